The fourth-order valence-corrected chi connectivity index (χ4v) is 7.28. The number of nitrogens with zero attached hydrogens (tertiary/aromatic N) is 4. The normalized spacial score (nSPS) is 17.9. The molecule has 2 fully saturated rings. The molecule has 5 rings (SSSR count). The lowest BCUT2D eigenvalue weighted by Crippen LogP contribution is -2.40. The Labute approximate surface area is 238 Å². The van der Waals surface area contributed by atoms with E-state index in [1.54, 1.807) is 27.8 Å². The number of carbonyl (C=O) groups is 1. The van der Waals surface area contributed by atoms with Crippen molar-refractivity contribution in [3.05, 3.63) is 71.3 Å². The number of carbonyl (C=O) groups excluding carboxylic acids is 1. The lowest BCUT2D eigenvalue weighted by atomic mass is 10.1. The Balaban J connectivity index is 1.54. The molecule has 0 unspecified atom stereocenters. The number of aromatic nitrogens is 2. The van der Waals surface area contributed by atoms with E-state index in [1.807, 2.05) is 48.7 Å². The second-order valence-corrected chi connectivity index (χ2v) is 12.9. The molecule has 204 valence electrons. The Morgan fingerprint density at radius 2 is 1.85 bits per heavy atom. The van der Waals surface area contributed by atoms with Crippen molar-refractivity contribution in [3.63, 3.8) is 0 Å². The summed E-state index contributed by atoms with van der Waals surface area (Å²) in [5.74, 6) is -0.108. The third kappa shape index (κ3) is 6.02. The van der Waals surface area contributed by atoms with Gasteiger partial charge in [0.1, 0.15) is 10.0 Å². The van der Waals surface area contributed by atoms with E-state index in [4.69, 9.17) is 22.1 Å². The van der Waals surface area contributed by atoms with Gasteiger partial charge in [-0.2, -0.15) is 9.40 Å². The van der Waals surface area contributed by atoms with Crippen LogP contribution in [0.3, 0.4) is 0 Å². The molecule has 11 heteroatoms. The number of amides is 1. The number of thioether (sulfide) groups is 1. The minimum absolute atomic E-state index is 0.108. The van der Waals surface area contributed by atoms with Crippen LogP contribution in [0.4, 0.5) is 0 Å². The molecule has 0 radical (unpaired) electrons. The molecule has 0 atom stereocenters. The van der Waals surface area contributed by atoms with Gasteiger partial charge in [-0.3, -0.25) is 9.69 Å². The van der Waals surface area contributed by atoms with E-state index in [0.29, 0.717) is 58.9 Å². The maximum atomic E-state index is 13.3. The standard InChI is InChI=1S/C28H30N4O4S3/c1-2-3-7-13-31-27(33)25(38-28(31)37)19-22-20-32(23-10-5-4-6-11-23)29-26(22)21-9-8-12-24(18-21)39(34,35)30-14-16-36-17-15-30/h4-6,8-12,18-20H,2-3,7,13-17H2,1H3/b25-19-. The van der Waals surface area contributed by atoms with Gasteiger partial charge in [-0.25, -0.2) is 13.1 Å². The zero-order valence-corrected chi connectivity index (χ0v) is 24.1. The van der Waals surface area contributed by atoms with Crippen molar-refractivity contribution in [2.24, 2.45) is 0 Å². The van der Waals surface area contributed by atoms with Crippen LogP contribution in [-0.2, 0) is 19.6 Å². The van der Waals surface area contributed by atoms with Crippen LogP contribution in [0.15, 0.2) is 70.6 Å². The summed E-state index contributed by atoms with van der Waals surface area (Å²) in [5, 5.41) is 4.83. The van der Waals surface area contributed by atoms with E-state index in [2.05, 4.69) is 6.92 Å². The number of benzene rings is 2. The first-order chi connectivity index (χ1) is 18.9. The molecule has 39 heavy (non-hydrogen) atoms. The molecule has 1 aromatic heterocycles. The van der Waals surface area contributed by atoms with Crippen LogP contribution < -0.4 is 0 Å². The number of ether oxygens (including phenoxy) is 1. The van der Waals surface area contributed by atoms with E-state index in [9.17, 15) is 13.2 Å². The third-order valence-electron chi connectivity index (χ3n) is 6.62. The highest BCUT2D eigenvalue weighted by Gasteiger charge is 2.32. The van der Waals surface area contributed by atoms with E-state index in [0.717, 1.165) is 24.9 Å². The highest BCUT2D eigenvalue weighted by atomic mass is 32.2. The number of sulfonamides is 1. The second-order valence-electron chi connectivity index (χ2n) is 9.30. The van der Waals surface area contributed by atoms with Crippen LogP contribution >= 0.6 is 24.0 Å². The Hall–Kier alpha value is -2.83. The van der Waals surface area contributed by atoms with Gasteiger partial charge in [0.25, 0.3) is 5.91 Å². The summed E-state index contributed by atoms with van der Waals surface area (Å²) in [6, 6.07) is 16.5. The summed E-state index contributed by atoms with van der Waals surface area (Å²) < 4.78 is 35.8. The first-order valence-corrected chi connectivity index (χ1v) is 15.6. The first-order valence-electron chi connectivity index (χ1n) is 13.0. The first kappa shape index (κ1) is 27.7. The predicted molar refractivity (Wildman–Crippen MR) is 158 cm³/mol. The number of rotatable bonds is 9. The van der Waals surface area contributed by atoms with Gasteiger partial charge in [-0.1, -0.05) is 74.1 Å². The molecular formula is C28H30N4O4S3. The monoisotopic (exact) mass is 582 g/mol. The minimum atomic E-state index is -3.69. The number of hydrogen-bond donors (Lipinski definition) is 0. The quantitative estimate of drug-likeness (QED) is 0.201. The molecule has 2 aliphatic heterocycles. The highest BCUT2D eigenvalue weighted by Crippen LogP contribution is 2.35. The maximum Gasteiger partial charge on any atom is 0.266 e. The van der Waals surface area contributed by atoms with Gasteiger partial charge >= 0.3 is 0 Å². The molecular weight excluding hydrogens is 553 g/mol. The number of thiocarbonyl (C=S) groups is 1. The molecule has 0 spiro atoms. The second kappa shape index (κ2) is 12.1. The minimum Gasteiger partial charge on any atom is -0.379 e. The lowest BCUT2D eigenvalue weighted by Gasteiger charge is -2.26. The highest BCUT2D eigenvalue weighted by molar-refractivity contribution is 8.26. The molecule has 0 saturated carbocycles. The van der Waals surface area contributed by atoms with Crippen molar-refractivity contribution in [1.29, 1.82) is 0 Å². The van der Waals surface area contributed by atoms with Crippen molar-refractivity contribution in [2.45, 2.75) is 31.1 Å². The molecule has 0 N–H and O–H groups in total. The average molecular weight is 583 g/mol. The SMILES string of the molecule is CCCCCN1C(=O)/C(=C/c2cn(-c3ccccc3)nc2-c2cccc(S(=O)(=O)N3CCOCC3)c2)SC1=S. The van der Waals surface area contributed by atoms with E-state index in [-0.39, 0.29) is 10.8 Å². The molecule has 0 bridgehead atoms. The van der Waals surface area contributed by atoms with Gasteiger partial charge < -0.3 is 4.74 Å². The van der Waals surface area contributed by atoms with Gasteiger partial charge in [0.2, 0.25) is 10.0 Å². The molecule has 1 amide bonds. The van der Waals surface area contributed by atoms with Crippen LogP contribution in [0.2, 0.25) is 0 Å². The van der Waals surface area contributed by atoms with Crippen LogP contribution in [0.1, 0.15) is 31.7 Å². The number of para-hydroxylation sites is 1. The van der Waals surface area contributed by atoms with Gasteiger partial charge in [0, 0.05) is 37.0 Å². The zero-order valence-electron chi connectivity index (χ0n) is 21.7. The van der Waals surface area contributed by atoms with Gasteiger partial charge in [-0.15, -0.1) is 0 Å². The Bertz CT molecular complexity index is 1500. The summed E-state index contributed by atoms with van der Waals surface area (Å²) in [4.78, 5) is 15.6. The van der Waals surface area contributed by atoms with E-state index >= 15 is 0 Å². The van der Waals surface area contributed by atoms with Crippen LogP contribution in [0.25, 0.3) is 23.0 Å². The van der Waals surface area contributed by atoms with Crippen LogP contribution in [-0.4, -0.2) is 70.5 Å². The smallest absolute Gasteiger partial charge is 0.266 e. The topological polar surface area (TPSA) is 84.7 Å². The van der Waals surface area contributed by atoms with Gasteiger partial charge in [0.05, 0.1) is 28.7 Å². The molecule has 2 aromatic carbocycles. The van der Waals surface area contributed by atoms with Crippen molar-refractivity contribution >= 4 is 50.3 Å². The summed E-state index contributed by atoms with van der Waals surface area (Å²) >= 11 is 6.80. The average Bonchev–Trinajstić information content (AvgIpc) is 3.50. The molecule has 2 aliphatic rings. The molecule has 8 nitrogen and oxygen atoms in total. The Morgan fingerprint density at radius 3 is 2.59 bits per heavy atom. The van der Waals surface area contributed by atoms with Crippen molar-refractivity contribution in [1.82, 2.24) is 19.0 Å². The number of unbranched alkanes of at least 4 members (excludes halogenated alkanes) is 2. The lowest BCUT2D eigenvalue weighted by molar-refractivity contribution is -0.122. The Kier molecular flexibility index (Phi) is 8.63. The fraction of sp³-hybridized carbons (Fsp3) is 0.321. The van der Waals surface area contributed by atoms with E-state index in [1.165, 1.54) is 16.1 Å². The molecule has 0 aliphatic carbocycles. The summed E-state index contributed by atoms with van der Waals surface area (Å²) in [6.45, 7) is 4.12. The van der Waals surface area contributed by atoms with Crippen LogP contribution in [0, 0.1) is 0 Å². The van der Waals surface area contributed by atoms with Gasteiger partial charge in [0.15, 0.2) is 0 Å². The maximum absolute atomic E-state index is 13.3. The van der Waals surface area contributed by atoms with Crippen molar-refractivity contribution in [3.8, 4) is 16.9 Å². The third-order valence-corrected chi connectivity index (χ3v) is 9.90. The predicted octanol–water partition coefficient (Wildman–Crippen LogP) is 4.95. The number of morpholine rings is 1. The summed E-state index contributed by atoms with van der Waals surface area (Å²) in [5.41, 5.74) is 2.77. The summed E-state index contributed by atoms with van der Waals surface area (Å²) in [6.07, 6.45) is 6.67. The largest absolute Gasteiger partial charge is 0.379 e. The van der Waals surface area contributed by atoms with E-state index < -0.39 is 10.0 Å². The zero-order chi connectivity index (χ0) is 27.4. The molecule has 3 aromatic rings. The van der Waals surface area contributed by atoms with Crippen molar-refractivity contribution in [2.75, 3.05) is 32.8 Å². The van der Waals surface area contributed by atoms with Gasteiger partial charge in [-0.05, 0) is 36.8 Å². The Morgan fingerprint density at radius 1 is 1.08 bits per heavy atom. The van der Waals surface area contributed by atoms with Crippen LogP contribution in [0.5, 0.6) is 0 Å². The number of hydrogen-bond acceptors (Lipinski definition) is 7. The summed E-state index contributed by atoms with van der Waals surface area (Å²) in [7, 11) is -3.69. The fourth-order valence-electron chi connectivity index (χ4n) is 4.52. The molecule has 2 saturated heterocycles. The van der Waals surface area contributed by atoms with Crippen molar-refractivity contribution < 1.29 is 17.9 Å². The molecule has 3 heterocycles.